The van der Waals surface area contributed by atoms with Gasteiger partial charge in [0.25, 0.3) is 0 Å². The molecular weight excluding hydrogens is 166 g/mol. The Labute approximate surface area is 68.4 Å². The Kier molecular flexibility index (Phi) is 2.04. The van der Waals surface area contributed by atoms with Crippen LogP contribution in [0.1, 0.15) is 5.56 Å². The summed E-state index contributed by atoms with van der Waals surface area (Å²) in [6, 6.07) is 3.82. The lowest BCUT2D eigenvalue weighted by atomic mass is 9.77. The van der Waals surface area contributed by atoms with Gasteiger partial charge in [-0.3, -0.25) is 0 Å². The first-order chi connectivity index (χ1) is 5.43. The largest absolute Gasteiger partial charge is 0.509 e. The van der Waals surface area contributed by atoms with Gasteiger partial charge < -0.3 is 18.7 Å². The molecular formula is C7H8BF3N-. The maximum atomic E-state index is 12.2. The molecule has 0 bridgehead atoms. The van der Waals surface area contributed by atoms with Crippen molar-refractivity contribution in [2.24, 2.45) is 0 Å². The second kappa shape index (κ2) is 2.73. The summed E-state index contributed by atoms with van der Waals surface area (Å²) in [5.41, 5.74) is 5.03. The highest BCUT2D eigenvalue weighted by Crippen LogP contribution is 2.15. The predicted octanol–water partition coefficient (Wildman–Crippen LogP) is 1.63. The second-order valence-corrected chi connectivity index (χ2v) is 2.64. The predicted molar refractivity (Wildman–Crippen MR) is 44.3 cm³/mol. The number of nitrogen functional groups attached to an aromatic ring is 1. The van der Waals surface area contributed by atoms with Crippen LogP contribution in [0.2, 0.25) is 0 Å². The first-order valence-electron chi connectivity index (χ1n) is 3.48. The fourth-order valence-corrected chi connectivity index (χ4v) is 1.03. The number of anilines is 1. The molecule has 0 aliphatic carbocycles. The first kappa shape index (κ1) is 8.97. The topological polar surface area (TPSA) is 26.0 Å². The minimum Gasteiger partial charge on any atom is -0.445 e. The summed E-state index contributed by atoms with van der Waals surface area (Å²) in [6.45, 7) is -3.55. The normalized spacial score (nSPS) is 11.7. The number of benzene rings is 1. The van der Waals surface area contributed by atoms with Crippen LogP contribution in [0, 0.1) is 6.92 Å². The van der Waals surface area contributed by atoms with Crippen LogP contribution < -0.4 is 11.2 Å². The van der Waals surface area contributed by atoms with E-state index in [2.05, 4.69) is 0 Å². The van der Waals surface area contributed by atoms with E-state index in [1.165, 1.54) is 19.1 Å². The van der Waals surface area contributed by atoms with Crippen LogP contribution in [-0.4, -0.2) is 6.98 Å². The molecule has 0 atom stereocenters. The van der Waals surface area contributed by atoms with Crippen LogP contribution in [0.15, 0.2) is 18.2 Å². The molecule has 0 heterocycles. The van der Waals surface area contributed by atoms with E-state index in [1.54, 1.807) is 0 Å². The SMILES string of the molecule is Cc1c(N)cccc1[B-](F)(F)F. The first-order valence-corrected chi connectivity index (χ1v) is 3.48. The van der Waals surface area contributed by atoms with Crippen molar-refractivity contribution in [1.29, 1.82) is 0 Å². The average Bonchev–Trinajstić information content (AvgIpc) is 1.92. The summed E-state index contributed by atoms with van der Waals surface area (Å²) in [5.74, 6) is 0. The van der Waals surface area contributed by atoms with Crippen molar-refractivity contribution in [1.82, 2.24) is 0 Å². The van der Waals surface area contributed by atoms with E-state index in [-0.39, 0.29) is 11.3 Å². The van der Waals surface area contributed by atoms with Crippen molar-refractivity contribution in [2.75, 3.05) is 5.73 Å². The van der Waals surface area contributed by atoms with E-state index in [0.717, 1.165) is 6.07 Å². The molecule has 1 rings (SSSR count). The minimum absolute atomic E-state index is 0.116. The van der Waals surface area contributed by atoms with Gasteiger partial charge in [-0.1, -0.05) is 17.7 Å². The fourth-order valence-electron chi connectivity index (χ4n) is 1.03. The van der Waals surface area contributed by atoms with Crippen molar-refractivity contribution >= 4 is 18.1 Å². The van der Waals surface area contributed by atoms with Gasteiger partial charge in [0.1, 0.15) is 0 Å². The molecule has 0 fully saturated rings. The van der Waals surface area contributed by atoms with E-state index >= 15 is 0 Å². The van der Waals surface area contributed by atoms with Crippen LogP contribution in [0.3, 0.4) is 0 Å². The third kappa shape index (κ3) is 1.54. The van der Waals surface area contributed by atoms with Gasteiger partial charge in [0.2, 0.25) is 0 Å². The Bertz CT molecular complexity index is 295. The van der Waals surface area contributed by atoms with Crippen molar-refractivity contribution < 1.29 is 12.9 Å². The number of hydrogen-bond donors (Lipinski definition) is 1. The maximum absolute atomic E-state index is 12.2. The van der Waals surface area contributed by atoms with Gasteiger partial charge in [-0.25, -0.2) is 0 Å². The molecule has 1 aromatic carbocycles. The molecule has 1 aromatic rings. The lowest BCUT2D eigenvalue weighted by Crippen LogP contribution is -2.36. The third-order valence-corrected chi connectivity index (χ3v) is 1.77. The van der Waals surface area contributed by atoms with E-state index in [9.17, 15) is 12.9 Å². The summed E-state index contributed by atoms with van der Waals surface area (Å²) in [6.07, 6.45) is 0. The molecule has 0 spiro atoms. The minimum atomic E-state index is -4.93. The summed E-state index contributed by atoms with van der Waals surface area (Å²) >= 11 is 0. The number of rotatable bonds is 1. The summed E-state index contributed by atoms with van der Waals surface area (Å²) in [5, 5.41) is 0. The third-order valence-electron chi connectivity index (χ3n) is 1.77. The zero-order valence-electron chi connectivity index (χ0n) is 6.52. The quantitative estimate of drug-likeness (QED) is 0.508. The van der Waals surface area contributed by atoms with Crippen LogP contribution >= 0.6 is 0 Å². The van der Waals surface area contributed by atoms with Gasteiger partial charge in [0, 0.05) is 5.69 Å². The van der Waals surface area contributed by atoms with Crippen molar-refractivity contribution in [2.45, 2.75) is 6.92 Å². The zero-order valence-corrected chi connectivity index (χ0v) is 6.52. The lowest BCUT2D eigenvalue weighted by molar-refractivity contribution is 0.500. The molecule has 12 heavy (non-hydrogen) atoms. The van der Waals surface area contributed by atoms with Gasteiger partial charge >= 0.3 is 6.98 Å². The lowest BCUT2D eigenvalue weighted by Gasteiger charge is -2.18. The second-order valence-electron chi connectivity index (χ2n) is 2.64. The monoisotopic (exact) mass is 174 g/mol. The smallest absolute Gasteiger partial charge is 0.445 e. The molecule has 0 radical (unpaired) electrons. The molecule has 1 nitrogen and oxygen atoms in total. The molecule has 66 valence electrons. The summed E-state index contributed by atoms with van der Waals surface area (Å²) < 4.78 is 36.7. The Morgan fingerprint density at radius 3 is 2.25 bits per heavy atom. The zero-order chi connectivity index (χ0) is 9.35. The Morgan fingerprint density at radius 2 is 1.83 bits per heavy atom. The number of hydrogen-bond acceptors (Lipinski definition) is 1. The van der Waals surface area contributed by atoms with E-state index in [0.29, 0.717) is 0 Å². The molecule has 5 heteroatoms. The van der Waals surface area contributed by atoms with E-state index in [4.69, 9.17) is 5.73 Å². The van der Waals surface area contributed by atoms with Gasteiger partial charge in [-0.05, 0) is 13.0 Å². The highest BCUT2D eigenvalue weighted by Gasteiger charge is 2.27. The van der Waals surface area contributed by atoms with Gasteiger partial charge in [-0.15, -0.1) is 5.46 Å². The standard InChI is InChI=1S/C7H8BF3N/c1-5-6(8(9,10)11)3-2-4-7(5)12/h2-4H,12H2,1H3/q-1. The average molecular weight is 174 g/mol. The van der Waals surface area contributed by atoms with E-state index < -0.39 is 12.4 Å². The number of nitrogens with two attached hydrogens (primary N) is 1. The molecule has 0 saturated carbocycles. The summed E-state index contributed by atoms with van der Waals surface area (Å²) in [7, 11) is 0. The highest BCUT2D eigenvalue weighted by molar-refractivity contribution is 6.74. The molecule has 0 aliphatic rings. The van der Waals surface area contributed by atoms with Crippen LogP contribution in [0.25, 0.3) is 0 Å². The van der Waals surface area contributed by atoms with Gasteiger partial charge in [0.15, 0.2) is 0 Å². The Hall–Kier alpha value is -1.13. The van der Waals surface area contributed by atoms with Crippen LogP contribution in [0.5, 0.6) is 0 Å². The molecule has 0 saturated heterocycles. The maximum Gasteiger partial charge on any atom is 0.509 e. The Balaban J connectivity index is 3.26. The van der Waals surface area contributed by atoms with E-state index in [1.807, 2.05) is 0 Å². The van der Waals surface area contributed by atoms with Crippen LogP contribution in [0.4, 0.5) is 18.6 Å². The molecule has 0 unspecified atom stereocenters. The molecule has 0 aliphatic heterocycles. The van der Waals surface area contributed by atoms with Crippen molar-refractivity contribution in [3.63, 3.8) is 0 Å². The number of halogens is 3. The van der Waals surface area contributed by atoms with Crippen molar-refractivity contribution in [3.05, 3.63) is 23.8 Å². The fraction of sp³-hybridized carbons (Fsp3) is 0.143. The summed E-state index contributed by atoms with van der Waals surface area (Å²) in [4.78, 5) is 0. The van der Waals surface area contributed by atoms with Crippen molar-refractivity contribution in [3.8, 4) is 0 Å². The highest BCUT2D eigenvalue weighted by atomic mass is 19.4. The van der Waals surface area contributed by atoms with Gasteiger partial charge in [0.05, 0.1) is 0 Å². The Morgan fingerprint density at radius 1 is 1.25 bits per heavy atom. The molecule has 0 amide bonds. The molecule has 2 N–H and O–H groups in total. The van der Waals surface area contributed by atoms with Gasteiger partial charge in [-0.2, -0.15) is 0 Å². The van der Waals surface area contributed by atoms with Crippen LogP contribution in [-0.2, 0) is 0 Å². The molecule has 0 aromatic heterocycles.